The molecule has 0 radical (unpaired) electrons. The summed E-state index contributed by atoms with van der Waals surface area (Å²) in [7, 11) is 1.33. The fourth-order valence-electron chi connectivity index (χ4n) is 2.14. The Bertz CT molecular complexity index is 557. The van der Waals surface area contributed by atoms with Crippen LogP contribution in [0.1, 0.15) is 17.0 Å². The molecule has 1 aliphatic rings. The second-order valence-corrected chi connectivity index (χ2v) is 5.42. The van der Waals surface area contributed by atoms with E-state index in [-0.39, 0.29) is 30.1 Å². The van der Waals surface area contributed by atoms with Crippen molar-refractivity contribution in [2.24, 2.45) is 5.92 Å². The van der Waals surface area contributed by atoms with Gasteiger partial charge < -0.3 is 19.4 Å². The van der Waals surface area contributed by atoms with E-state index in [1.54, 1.807) is 11.0 Å². The summed E-state index contributed by atoms with van der Waals surface area (Å²) in [4.78, 5) is 36.6. The first-order valence-corrected chi connectivity index (χ1v) is 7.19. The molecule has 2 rings (SSSR count). The van der Waals surface area contributed by atoms with Gasteiger partial charge in [0.15, 0.2) is 10.4 Å². The van der Waals surface area contributed by atoms with E-state index < -0.39 is 5.91 Å². The Balaban J connectivity index is 1.80. The maximum Gasteiger partial charge on any atom is 0.310 e. The number of hydrogen-bond donors (Lipinski definition) is 1. The highest BCUT2D eigenvalue weighted by molar-refractivity contribution is 9.10. The van der Waals surface area contributed by atoms with Gasteiger partial charge in [0, 0.05) is 13.1 Å². The van der Waals surface area contributed by atoms with Gasteiger partial charge in [-0.3, -0.25) is 14.4 Å². The van der Waals surface area contributed by atoms with Crippen molar-refractivity contribution >= 4 is 33.7 Å². The molecule has 114 valence electrons. The number of likely N-dealkylation sites (tertiary alicyclic amines) is 1. The quantitative estimate of drug-likeness (QED) is 0.804. The summed E-state index contributed by atoms with van der Waals surface area (Å²) >= 11 is 3.10. The van der Waals surface area contributed by atoms with Crippen LogP contribution in [0, 0.1) is 5.92 Å². The Hall–Kier alpha value is -1.83. The standard InChI is InChI=1S/C13H15BrN2O5/c1-20-13(19)8-4-5-16(7-8)11(17)6-15-12(18)9-2-3-10(14)21-9/h2-3,8H,4-7H2,1H3,(H,15,18). The van der Waals surface area contributed by atoms with Crippen LogP contribution in [0.2, 0.25) is 0 Å². The third-order valence-corrected chi connectivity index (χ3v) is 3.70. The van der Waals surface area contributed by atoms with Gasteiger partial charge in [-0.05, 0) is 34.5 Å². The molecular weight excluding hydrogens is 344 g/mol. The molecule has 0 saturated carbocycles. The first-order valence-electron chi connectivity index (χ1n) is 6.40. The number of halogens is 1. The fraction of sp³-hybridized carbons (Fsp3) is 0.462. The average Bonchev–Trinajstić information content (AvgIpc) is 3.12. The number of carbonyl (C=O) groups is 3. The molecule has 21 heavy (non-hydrogen) atoms. The van der Waals surface area contributed by atoms with E-state index in [1.165, 1.54) is 13.2 Å². The Labute approximate surface area is 129 Å². The third-order valence-electron chi connectivity index (χ3n) is 3.27. The van der Waals surface area contributed by atoms with E-state index in [9.17, 15) is 14.4 Å². The van der Waals surface area contributed by atoms with Crippen LogP contribution in [-0.2, 0) is 14.3 Å². The minimum absolute atomic E-state index is 0.128. The number of hydrogen-bond acceptors (Lipinski definition) is 5. The maximum absolute atomic E-state index is 12.0. The molecule has 1 aliphatic heterocycles. The fourth-order valence-corrected chi connectivity index (χ4v) is 2.44. The topological polar surface area (TPSA) is 88.9 Å². The lowest BCUT2D eigenvalue weighted by atomic mass is 10.1. The summed E-state index contributed by atoms with van der Waals surface area (Å²) in [5.74, 6) is -1.16. The predicted molar refractivity (Wildman–Crippen MR) is 75.4 cm³/mol. The summed E-state index contributed by atoms with van der Waals surface area (Å²) in [5, 5.41) is 2.49. The normalized spacial score (nSPS) is 17.6. The van der Waals surface area contributed by atoms with Crippen molar-refractivity contribution in [3.05, 3.63) is 22.6 Å². The van der Waals surface area contributed by atoms with Gasteiger partial charge in [0.1, 0.15) is 0 Å². The summed E-state index contributed by atoms with van der Waals surface area (Å²) in [6.07, 6.45) is 0.581. The van der Waals surface area contributed by atoms with Crippen LogP contribution in [0.4, 0.5) is 0 Å². The molecule has 1 aromatic rings. The van der Waals surface area contributed by atoms with Gasteiger partial charge in [0.2, 0.25) is 5.91 Å². The molecule has 1 unspecified atom stereocenters. The van der Waals surface area contributed by atoms with Crippen molar-refractivity contribution in [3.63, 3.8) is 0 Å². The van der Waals surface area contributed by atoms with Gasteiger partial charge in [0.05, 0.1) is 19.6 Å². The highest BCUT2D eigenvalue weighted by Gasteiger charge is 2.31. The number of methoxy groups -OCH3 is 1. The molecule has 1 aromatic heterocycles. The number of furan rings is 1. The van der Waals surface area contributed by atoms with Crippen LogP contribution in [0.25, 0.3) is 0 Å². The van der Waals surface area contributed by atoms with Crippen molar-refractivity contribution in [1.29, 1.82) is 0 Å². The second kappa shape index (κ2) is 6.75. The van der Waals surface area contributed by atoms with Gasteiger partial charge in [-0.1, -0.05) is 0 Å². The van der Waals surface area contributed by atoms with Gasteiger partial charge in [0.25, 0.3) is 5.91 Å². The minimum atomic E-state index is -0.460. The summed E-state index contributed by atoms with van der Waals surface area (Å²) < 4.78 is 10.2. The number of ether oxygens (including phenoxy) is 1. The van der Waals surface area contributed by atoms with Crippen LogP contribution in [-0.4, -0.2) is 49.4 Å². The summed E-state index contributed by atoms with van der Waals surface area (Å²) in [5.41, 5.74) is 0. The summed E-state index contributed by atoms with van der Waals surface area (Å²) in [6, 6.07) is 3.10. The van der Waals surface area contributed by atoms with Crippen LogP contribution in [0.3, 0.4) is 0 Å². The zero-order valence-corrected chi connectivity index (χ0v) is 13.0. The molecule has 0 spiro atoms. The Morgan fingerprint density at radius 3 is 2.86 bits per heavy atom. The Morgan fingerprint density at radius 2 is 2.24 bits per heavy atom. The van der Waals surface area contributed by atoms with E-state index in [2.05, 4.69) is 26.0 Å². The Kier molecular flexibility index (Phi) is 5.00. The number of nitrogens with one attached hydrogen (secondary N) is 1. The van der Waals surface area contributed by atoms with Gasteiger partial charge in [-0.15, -0.1) is 0 Å². The number of amides is 2. The van der Waals surface area contributed by atoms with Gasteiger partial charge >= 0.3 is 5.97 Å². The molecule has 1 fully saturated rings. The molecule has 7 nitrogen and oxygen atoms in total. The molecule has 2 amide bonds. The molecule has 8 heteroatoms. The van der Waals surface area contributed by atoms with Crippen LogP contribution >= 0.6 is 15.9 Å². The number of rotatable bonds is 4. The van der Waals surface area contributed by atoms with Crippen LogP contribution in [0.15, 0.2) is 21.2 Å². The van der Waals surface area contributed by atoms with Crippen molar-refractivity contribution in [1.82, 2.24) is 10.2 Å². The van der Waals surface area contributed by atoms with E-state index in [1.807, 2.05) is 0 Å². The van der Waals surface area contributed by atoms with E-state index in [0.717, 1.165) is 0 Å². The highest BCUT2D eigenvalue weighted by atomic mass is 79.9. The molecule has 0 aromatic carbocycles. The lowest BCUT2D eigenvalue weighted by Crippen LogP contribution is -2.39. The van der Waals surface area contributed by atoms with Gasteiger partial charge in [-0.25, -0.2) is 0 Å². The van der Waals surface area contributed by atoms with E-state index >= 15 is 0 Å². The molecule has 1 atom stereocenters. The van der Waals surface area contributed by atoms with Crippen molar-refractivity contribution in [2.75, 3.05) is 26.7 Å². The van der Waals surface area contributed by atoms with Crippen LogP contribution in [0.5, 0.6) is 0 Å². The van der Waals surface area contributed by atoms with E-state index in [0.29, 0.717) is 24.2 Å². The predicted octanol–water partition coefficient (Wildman–Crippen LogP) is 0.793. The molecule has 0 bridgehead atoms. The number of esters is 1. The SMILES string of the molecule is COC(=O)C1CCN(C(=O)CNC(=O)c2ccc(Br)o2)C1. The van der Waals surface area contributed by atoms with Gasteiger partial charge in [-0.2, -0.15) is 0 Å². The second-order valence-electron chi connectivity index (χ2n) is 4.63. The number of carbonyl (C=O) groups excluding carboxylic acids is 3. The molecule has 0 aliphatic carbocycles. The Morgan fingerprint density at radius 1 is 1.48 bits per heavy atom. The minimum Gasteiger partial charge on any atom is -0.469 e. The number of nitrogens with zero attached hydrogens (tertiary/aromatic N) is 1. The molecule has 2 heterocycles. The first kappa shape index (κ1) is 15.6. The lowest BCUT2D eigenvalue weighted by molar-refractivity contribution is -0.145. The van der Waals surface area contributed by atoms with Crippen molar-refractivity contribution < 1.29 is 23.5 Å². The van der Waals surface area contributed by atoms with E-state index in [4.69, 9.17) is 4.42 Å². The smallest absolute Gasteiger partial charge is 0.310 e. The van der Waals surface area contributed by atoms with Crippen LogP contribution < -0.4 is 5.32 Å². The van der Waals surface area contributed by atoms with Crippen molar-refractivity contribution in [2.45, 2.75) is 6.42 Å². The molecule has 1 saturated heterocycles. The first-order chi connectivity index (χ1) is 10.0. The third kappa shape index (κ3) is 3.84. The van der Waals surface area contributed by atoms with Crippen molar-refractivity contribution in [3.8, 4) is 0 Å². The monoisotopic (exact) mass is 358 g/mol. The highest BCUT2D eigenvalue weighted by Crippen LogP contribution is 2.17. The lowest BCUT2D eigenvalue weighted by Gasteiger charge is -2.16. The zero-order chi connectivity index (χ0) is 15.4. The molecular formula is C13H15BrN2O5. The molecule has 1 N–H and O–H groups in total. The average molecular weight is 359 g/mol. The zero-order valence-electron chi connectivity index (χ0n) is 11.4. The largest absolute Gasteiger partial charge is 0.469 e. The maximum atomic E-state index is 12.0. The summed E-state index contributed by atoms with van der Waals surface area (Å²) in [6.45, 7) is 0.680.